The molecule has 0 amide bonds. The number of thiazole rings is 1. The van der Waals surface area contributed by atoms with Gasteiger partial charge in [0.15, 0.2) is 0 Å². The molecule has 0 fully saturated rings. The summed E-state index contributed by atoms with van der Waals surface area (Å²) in [4.78, 5) is 8.87. The van der Waals surface area contributed by atoms with Crippen LogP contribution in [0.2, 0.25) is 0 Å². The summed E-state index contributed by atoms with van der Waals surface area (Å²) >= 11 is 1.77. The summed E-state index contributed by atoms with van der Waals surface area (Å²) in [5.41, 5.74) is 1.09. The van der Waals surface area contributed by atoms with E-state index in [9.17, 15) is 0 Å². The maximum atomic E-state index is 4.66. The van der Waals surface area contributed by atoms with Gasteiger partial charge in [0.05, 0.1) is 21.8 Å². The van der Waals surface area contributed by atoms with Gasteiger partial charge in [-0.25, -0.2) is 9.97 Å². The fourth-order valence-corrected chi connectivity index (χ4v) is 3.18. The lowest BCUT2D eigenvalue weighted by molar-refractivity contribution is 0.519. The van der Waals surface area contributed by atoms with E-state index in [2.05, 4.69) is 45.5 Å². The molecular weight excluding hydrogens is 270 g/mol. The molecule has 0 aliphatic heterocycles. The summed E-state index contributed by atoms with van der Waals surface area (Å²) in [7, 11) is 1.90. The minimum atomic E-state index is 0.354. The Kier molecular flexibility index (Phi) is 3.75. The molecule has 3 rings (SSSR count). The molecule has 0 saturated heterocycles. The summed E-state index contributed by atoms with van der Waals surface area (Å²) in [5.74, 6) is 0.946. The molecule has 0 unspecified atom stereocenters. The van der Waals surface area contributed by atoms with Crippen LogP contribution >= 0.6 is 11.3 Å². The van der Waals surface area contributed by atoms with Crippen molar-refractivity contribution >= 4 is 21.6 Å². The topological polar surface area (TPSA) is 55.6 Å². The van der Waals surface area contributed by atoms with E-state index >= 15 is 0 Å². The number of para-hydroxylation sites is 1. The van der Waals surface area contributed by atoms with Crippen LogP contribution in [0.1, 0.15) is 17.8 Å². The first-order chi connectivity index (χ1) is 9.72. The van der Waals surface area contributed by atoms with Crippen LogP contribution in [0.15, 0.2) is 30.6 Å². The minimum absolute atomic E-state index is 0.354. The second-order valence-electron chi connectivity index (χ2n) is 4.86. The van der Waals surface area contributed by atoms with Crippen molar-refractivity contribution in [3.8, 4) is 0 Å². The summed E-state index contributed by atoms with van der Waals surface area (Å²) in [5, 5.41) is 8.70. The Balaban J connectivity index is 1.61. The van der Waals surface area contributed by atoms with E-state index in [1.165, 1.54) is 9.71 Å². The Morgan fingerprint density at radius 2 is 2.20 bits per heavy atom. The maximum Gasteiger partial charge on any atom is 0.140 e. The predicted molar refractivity (Wildman–Crippen MR) is 80.6 cm³/mol. The molecule has 1 N–H and O–H groups in total. The second-order valence-corrected chi connectivity index (χ2v) is 5.98. The van der Waals surface area contributed by atoms with Crippen LogP contribution in [0.3, 0.4) is 0 Å². The molecule has 0 radical (unpaired) electrons. The number of rotatable bonds is 5. The zero-order valence-corrected chi connectivity index (χ0v) is 12.4. The summed E-state index contributed by atoms with van der Waals surface area (Å²) in [6.45, 7) is 2.89. The first-order valence-electron chi connectivity index (χ1n) is 6.63. The quantitative estimate of drug-likeness (QED) is 0.781. The number of nitrogens with one attached hydrogen (secondary N) is 1. The number of aryl methyl sites for hydroxylation is 1. The fourth-order valence-electron chi connectivity index (χ4n) is 2.09. The van der Waals surface area contributed by atoms with Gasteiger partial charge in [0, 0.05) is 19.5 Å². The van der Waals surface area contributed by atoms with E-state index in [-0.39, 0.29) is 0 Å². The minimum Gasteiger partial charge on any atom is -0.307 e. The Morgan fingerprint density at radius 3 is 2.95 bits per heavy atom. The lowest BCUT2D eigenvalue weighted by atomic mass is 10.2. The zero-order valence-electron chi connectivity index (χ0n) is 11.6. The van der Waals surface area contributed by atoms with Crippen molar-refractivity contribution in [2.75, 3.05) is 0 Å². The third-order valence-electron chi connectivity index (χ3n) is 3.23. The Labute approximate surface area is 121 Å². The standard InChI is InChI=1S/C14H17N5S/c1-10(15-8-13-16-9-17-19(13)2)7-14-18-11-5-3-4-6-12(11)20-14/h3-6,9-10,15H,7-8H2,1-2H3/t10-/m0/s1. The van der Waals surface area contributed by atoms with Crippen molar-refractivity contribution in [2.45, 2.75) is 25.9 Å². The highest BCUT2D eigenvalue weighted by molar-refractivity contribution is 7.18. The molecule has 2 heterocycles. The average Bonchev–Trinajstić information content (AvgIpc) is 3.01. The summed E-state index contributed by atoms with van der Waals surface area (Å²) < 4.78 is 3.04. The van der Waals surface area contributed by atoms with Gasteiger partial charge in [-0.3, -0.25) is 4.68 Å². The van der Waals surface area contributed by atoms with E-state index < -0.39 is 0 Å². The molecule has 1 atom stereocenters. The molecule has 20 heavy (non-hydrogen) atoms. The van der Waals surface area contributed by atoms with Gasteiger partial charge in [0.1, 0.15) is 12.2 Å². The number of fused-ring (bicyclic) bond motifs is 1. The highest BCUT2D eigenvalue weighted by atomic mass is 32.1. The van der Waals surface area contributed by atoms with Gasteiger partial charge in [-0.15, -0.1) is 11.3 Å². The highest BCUT2D eigenvalue weighted by Crippen LogP contribution is 2.22. The van der Waals surface area contributed by atoms with Crippen molar-refractivity contribution in [2.24, 2.45) is 7.05 Å². The number of benzene rings is 1. The lowest BCUT2D eigenvalue weighted by Crippen LogP contribution is -2.28. The zero-order chi connectivity index (χ0) is 13.9. The molecule has 104 valence electrons. The average molecular weight is 287 g/mol. The molecule has 6 heteroatoms. The van der Waals surface area contributed by atoms with Gasteiger partial charge in [-0.2, -0.15) is 5.10 Å². The maximum absolute atomic E-state index is 4.66. The van der Waals surface area contributed by atoms with Gasteiger partial charge < -0.3 is 5.32 Å². The van der Waals surface area contributed by atoms with Gasteiger partial charge >= 0.3 is 0 Å². The molecule has 0 aliphatic rings. The van der Waals surface area contributed by atoms with Crippen molar-refractivity contribution in [1.82, 2.24) is 25.1 Å². The largest absolute Gasteiger partial charge is 0.307 e. The first kappa shape index (κ1) is 13.2. The van der Waals surface area contributed by atoms with Gasteiger partial charge in [-0.05, 0) is 19.1 Å². The van der Waals surface area contributed by atoms with Crippen LogP contribution in [-0.2, 0) is 20.0 Å². The molecule has 2 aromatic heterocycles. The number of nitrogens with zero attached hydrogens (tertiary/aromatic N) is 4. The molecule has 3 aromatic rings. The third kappa shape index (κ3) is 2.86. The molecule has 0 bridgehead atoms. The van der Waals surface area contributed by atoms with Crippen LogP contribution in [-0.4, -0.2) is 25.8 Å². The van der Waals surface area contributed by atoms with Gasteiger partial charge in [0.25, 0.3) is 0 Å². The third-order valence-corrected chi connectivity index (χ3v) is 4.29. The molecule has 5 nitrogen and oxygen atoms in total. The van der Waals surface area contributed by atoms with Crippen LogP contribution < -0.4 is 5.32 Å². The molecule has 0 aliphatic carbocycles. The lowest BCUT2D eigenvalue weighted by Gasteiger charge is -2.11. The second kappa shape index (κ2) is 5.68. The van der Waals surface area contributed by atoms with Gasteiger partial charge in [-0.1, -0.05) is 12.1 Å². The Bertz CT molecular complexity index is 669. The number of aromatic nitrogens is 4. The normalized spacial score (nSPS) is 12.9. The van der Waals surface area contributed by atoms with Crippen molar-refractivity contribution in [3.05, 3.63) is 41.4 Å². The van der Waals surface area contributed by atoms with E-state index in [1.54, 1.807) is 22.3 Å². The van der Waals surface area contributed by atoms with Crippen molar-refractivity contribution in [1.29, 1.82) is 0 Å². The van der Waals surface area contributed by atoms with Crippen LogP contribution in [0.5, 0.6) is 0 Å². The number of hydrogen-bond acceptors (Lipinski definition) is 5. The van der Waals surface area contributed by atoms with Crippen molar-refractivity contribution < 1.29 is 0 Å². The van der Waals surface area contributed by atoms with Gasteiger partial charge in [0.2, 0.25) is 0 Å². The smallest absolute Gasteiger partial charge is 0.140 e. The molecule has 0 spiro atoms. The van der Waals surface area contributed by atoms with E-state index in [4.69, 9.17) is 0 Å². The van der Waals surface area contributed by atoms with Crippen LogP contribution in [0.25, 0.3) is 10.2 Å². The van der Waals surface area contributed by atoms with Crippen molar-refractivity contribution in [3.63, 3.8) is 0 Å². The van der Waals surface area contributed by atoms with Crippen LogP contribution in [0.4, 0.5) is 0 Å². The Hall–Kier alpha value is -1.79. The summed E-state index contributed by atoms with van der Waals surface area (Å²) in [6.07, 6.45) is 2.51. The molecule has 0 saturated carbocycles. The highest BCUT2D eigenvalue weighted by Gasteiger charge is 2.09. The summed E-state index contributed by atoms with van der Waals surface area (Å²) in [6, 6.07) is 8.62. The van der Waals surface area contributed by atoms with E-state index in [1.807, 2.05) is 13.1 Å². The SMILES string of the molecule is C[C@@H](Cc1nc2ccccc2s1)NCc1ncnn1C. The molecular formula is C14H17N5S. The Morgan fingerprint density at radius 1 is 1.35 bits per heavy atom. The first-order valence-corrected chi connectivity index (χ1v) is 7.45. The fraction of sp³-hybridized carbons (Fsp3) is 0.357. The predicted octanol–water partition coefficient (Wildman–Crippen LogP) is 2.15. The number of hydrogen-bond donors (Lipinski definition) is 1. The molecule has 1 aromatic carbocycles. The van der Waals surface area contributed by atoms with Crippen LogP contribution in [0, 0.1) is 0 Å². The van der Waals surface area contributed by atoms with E-state index in [0.717, 1.165) is 24.3 Å². The monoisotopic (exact) mass is 287 g/mol. The van der Waals surface area contributed by atoms with E-state index in [0.29, 0.717) is 6.04 Å².